The first-order valence-electron chi connectivity index (χ1n) is 6.85. The van der Waals surface area contributed by atoms with Gasteiger partial charge in [0, 0.05) is 12.1 Å². The van der Waals surface area contributed by atoms with Gasteiger partial charge in [-0.15, -0.1) is 0 Å². The molecular weight excluding hydrogens is 258 g/mol. The highest BCUT2D eigenvalue weighted by molar-refractivity contribution is 7.98. The Bertz CT molecular complexity index is 411. The third-order valence-electron chi connectivity index (χ3n) is 3.36. The molecule has 0 aliphatic carbocycles. The summed E-state index contributed by atoms with van der Waals surface area (Å²) < 4.78 is 11.2. The fourth-order valence-corrected chi connectivity index (χ4v) is 2.82. The van der Waals surface area contributed by atoms with Crippen LogP contribution in [0.5, 0.6) is 11.5 Å². The molecule has 1 heterocycles. The molecule has 0 saturated heterocycles. The molecule has 0 amide bonds. The van der Waals surface area contributed by atoms with Gasteiger partial charge >= 0.3 is 0 Å². The van der Waals surface area contributed by atoms with Gasteiger partial charge in [0.2, 0.25) is 0 Å². The molecular formula is C15H23NO2S. The Kier molecular flexibility index (Phi) is 5.40. The van der Waals surface area contributed by atoms with Crippen LogP contribution < -0.4 is 14.8 Å². The largest absolute Gasteiger partial charge is 0.486 e. The van der Waals surface area contributed by atoms with Gasteiger partial charge < -0.3 is 14.8 Å². The lowest BCUT2D eigenvalue weighted by Gasteiger charge is -2.23. The van der Waals surface area contributed by atoms with E-state index in [0.29, 0.717) is 25.3 Å². The third kappa shape index (κ3) is 4.05. The first-order chi connectivity index (χ1) is 9.20. The van der Waals surface area contributed by atoms with Crippen molar-refractivity contribution >= 4 is 11.8 Å². The SMILES string of the molecule is CSCCC(C)NC(C)c1ccc2c(c1)OCCO2. The average molecular weight is 281 g/mol. The molecule has 1 aliphatic heterocycles. The van der Waals surface area contributed by atoms with E-state index in [1.165, 1.54) is 17.7 Å². The van der Waals surface area contributed by atoms with Crippen LogP contribution >= 0.6 is 11.8 Å². The van der Waals surface area contributed by atoms with Crippen molar-refractivity contribution in [1.29, 1.82) is 0 Å². The summed E-state index contributed by atoms with van der Waals surface area (Å²) in [5.41, 5.74) is 1.25. The predicted octanol–water partition coefficient (Wildman–Crippen LogP) is 3.25. The Hall–Kier alpha value is -0.870. The van der Waals surface area contributed by atoms with Crippen LogP contribution in [0.1, 0.15) is 31.9 Å². The smallest absolute Gasteiger partial charge is 0.161 e. The van der Waals surface area contributed by atoms with Gasteiger partial charge in [-0.3, -0.25) is 0 Å². The number of fused-ring (bicyclic) bond motifs is 1. The topological polar surface area (TPSA) is 30.5 Å². The van der Waals surface area contributed by atoms with Gasteiger partial charge in [-0.25, -0.2) is 0 Å². The molecule has 1 aromatic carbocycles. The Balaban J connectivity index is 1.97. The summed E-state index contributed by atoms with van der Waals surface area (Å²) in [7, 11) is 0. The summed E-state index contributed by atoms with van der Waals surface area (Å²) in [5, 5.41) is 3.63. The molecule has 0 bridgehead atoms. The number of hydrogen-bond acceptors (Lipinski definition) is 4. The average Bonchev–Trinajstić information content (AvgIpc) is 2.44. The highest BCUT2D eigenvalue weighted by Crippen LogP contribution is 2.32. The molecule has 4 heteroatoms. The number of rotatable bonds is 6. The van der Waals surface area contributed by atoms with E-state index >= 15 is 0 Å². The molecule has 19 heavy (non-hydrogen) atoms. The summed E-state index contributed by atoms with van der Waals surface area (Å²) in [6.07, 6.45) is 3.34. The van der Waals surface area contributed by atoms with E-state index in [2.05, 4.69) is 37.6 Å². The maximum Gasteiger partial charge on any atom is 0.161 e. The van der Waals surface area contributed by atoms with Crippen molar-refractivity contribution in [1.82, 2.24) is 5.32 Å². The van der Waals surface area contributed by atoms with Gasteiger partial charge in [-0.1, -0.05) is 6.07 Å². The number of thioether (sulfide) groups is 1. The molecule has 106 valence electrons. The van der Waals surface area contributed by atoms with Crippen molar-refractivity contribution in [3.05, 3.63) is 23.8 Å². The number of nitrogens with one attached hydrogen (secondary N) is 1. The molecule has 1 aromatic rings. The molecule has 2 unspecified atom stereocenters. The van der Waals surface area contributed by atoms with Gasteiger partial charge in [0.15, 0.2) is 11.5 Å². The number of hydrogen-bond donors (Lipinski definition) is 1. The molecule has 0 aromatic heterocycles. The quantitative estimate of drug-likeness (QED) is 0.867. The standard InChI is InChI=1S/C15H23NO2S/c1-11(6-9-19-3)16-12(2)13-4-5-14-15(10-13)18-8-7-17-14/h4-5,10-12,16H,6-9H2,1-3H3. The molecule has 3 nitrogen and oxygen atoms in total. The fraction of sp³-hybridized carbons (Fsp3) is 0.600. The van der Waals surface area contributed by atoms with E-state index in [9.17, 15) is 0 Å². The van der Waals surface area contributed by atoms with Crippen LogP contribution in [0.15, 0.2) is 18.2 Å². The van der Waals surface area contributed by atoms with Crippen LogP contribution in [0.4, 0.5) is 0 Å². The van der Waals surface area contributed by atoms with Crippen LogP contribution in [0.2, 0.25) is 0 Å². The lowest BCUT2D eigenvalue weighted by molar-refractivity contribution is 0.171. The van der Waals surface area contributed by atoms with Crippen LogP contribution in [0.3, 0.4) is 0 Å². The second-order valence-electron chi connectivity index (χ2n) is 4.97. The fourth-order valence-electron chi connectivity index (χ4n) is 2.23. The van der Waals surface area contributed by atoms with Crippen LogP contribution in [-0.4, -0.2) is 31.3 Å². The minimum atomic E-state index is 0.327. The van der Waals surface area contributed by atoms with Crippen LogP contribution in [-0.2, 0) is 0 Å². The van der Waals surface area contributed by atoms with Crippen molar-refractivity contribution in [2.24, 2.45) is 0 Å². The number of ether oxygens (including phenoxy) is 2. The highest BCUT2D eigenvalue weighted by Gasteiger charge is 2.15. The van der Waals surface area contributed by atoms with E-state index in [1.807, 2.05) is 17.8 Å². The summed E-state index contributed by atoms with van der Waals surface area (Å²) in [6, 6.07) is 7.07. The molecule has 0 spiro atoms. The Labute approximate surface area is 120 Å². The van der Waals surface area contributed by atoms with Gasteiger partial charge in [0.1, 0.15) is 13.2 Å². The minimum Gasteiger partial charge on any atom is -0.486 e. The second kappa shape index (κ2) is 7.06. The summed E-state index contributed by atoms with van der Waals surface area (Å²) in [4.78, 5) is 0. The molecule has 1 N–H and O–H groups in total. The van der Waals surface area contributed by atoms with E-state index in [0.717, 1.165) is 11.5 Å². The Morgan fingerprint density at radius 1 is 1.21 bits per heavy atom. The van der Waals surface area contributed by atoms with E-state index in [-0.39, 0.29) is 0 Å². The van der Waals surface area contributed by atoms with Gasteiger partial charge in [-0.05, 0) is 50.0 Å². The number of benzene rings is 1. The maximum atomic E-state index is 5.63. The van der Waals surface area contributed by atoms with Crippen molar-refractivity contribution in [3.63, 3.8) is 0 Å². The van der Waals surface area contributed by atoms with Gasteiger partial charge in [-0.2, -0.15) is 11.8 Å². The Morgan fingerprint density at radius 3 is 2.68 bits per heavy atom. The normalized spacial score (nSPS) is 17.0. The van der Waals surface area contributed by atoms with Gasteiger partial charge in [0.25, 0.3) is 0 Å². The van der Waals surface area contributed by atoms with Gasteiger partial charge in [0.05, 0.1) is 0 Å². The second-order valence-corrected chi connectivity index (χ2v) is 5.96. The lowest BCUT2D eigenvalue weighted by Crippen LogP contribution is -2.29. The zero-order valence-corrected chi connectivity index (χ0v) is 12.8. The van der Waals surface area contributed by atoms with Crippen molar-refractivity contribution < 1.29 is 9.47 Å². The zero-order chi connectivity index (χ0) is 13.7. The third-order valence-corrected chi connectivity index (χ3v) is 4.00. The maximum absolute atomic E-state index is 5.63. The molecule has 2 atom stereocenters. The van der Waals surface area contributed by atoms with E-state index in [4.69, 9.17) is 9.47 Å². The molecule has 2 rings (SSSR count). The first kappa shape index (κ1) is 14.5. The summed E-state index contributed by atoms with van der Waals surface area (Å²) in [5.74, 6) is 2.92. The Morgan fingerprint density at radius 2 is 1.95 bits per heavy atom. The first-order valence-corrected chi connectivity index (χ1v) is 8.24. The summed E-state index contributed by atoms with van der Waals surface area (Å²) in [6.45, 7) is 5.72. The monoisotopic (exact) mass is 281 g/mol. The molecule has 1 aliphatic rings. The molecule has 0 saturated carbocycles. The molecule has 0 radical (unpaired) electrons. The van der Waals surface area contributed by atoms with Crippen molar-refractivity contribution in [2.75, 3.05) is 25.2 Å². The minimum absolute atomic E-state index is 0.327. The van der Waals surface area contributed by atoms with Crippen molar-refractivity contribution in [2.45, 2.75) is 32.4 Å². The predicted molar refractivity (Wildman–Crippen MR) is 81.4 cm³/mol. The highest BCUT2D eigenvalue weighted by atomic mass is 32.2. The zero-order valence-electron chi connectivity index (χ0n) is 11.9. The van der Waals surface area contributed by atoms with E-state index < -0.39 is 0 Å². The lowest BCUT2D eigenvalue weighted by atomic mass is 10.1. The molecule has 0 fully saturated rings. The van der Waals surface area contributed by atoms with Crippen LogP contribution in [0.25, 0.3) is 0 Å². The van der Waals surface area contributed by atoms with Crippen molar-refractivity contribution in [3.8, 4) is 11.5 Å². The summed E-state index contributed by atoms with van der Waals surface area (Å²) >= 11 is 1.89. The van der Waals surface area contributed by atoms with Crippen LogP contribution in [0, 0.1) is 0 Å². The van der Waals surface area contributed by atoms with E-state index in [1.54, 1.807) is 0 Å².